The maximum atomic E-state index is 13.6. The van der Waals surface area contributed by atoms with E-state index in [1.54, 1.807) is 6.07 Å². The third-order valence-corrected chi connectivity index (χ3v) is 3.91. The van der Waals surface area contributed by atoms with Gasteiger partial charge >= 0.3 is 0 Å². The van der Waals surface area contributed by atoms with Gasteiger partial charge in [0, 0.05) is 19.1 Å². The summed E-state index contributed by atoms with van der Waals surface area (Å²) in [7, 11) is 3.54. The van der Waals surface area contributed by atoms with Crippen LogP contribution < -0.4 is 10.5 Å². The minimum Gasteiger partial charge on any atom is -0.494 e. The van der Waals surface area contributed by atoms with Crippen molar-refractivity contribution in [2.75, 3.05) is 27.2 Å². The molecule has 1 unspecified atom stereocenters. The van der Waals surface area contributed by atoms with Crippen LogP contribution in [0.1, 0.15) is 30.9 Å². The van der Waals surface area contributed by atoms with E-state index < -0.39 is 0 Å². The molecular formula is C15H23FN2O. The monoisotopic (exact) mass is 266 g/mol. The normalized spacial score (nSPS) is 17.3. The fourth-order valence-corrected chi connectivity index (χ4v) is 2.55. The summed E-state index contributed by atoms with van der Waals surface area (Å²) in [4.78, 5) is 2.25. The first-order valence-electron chi connectivity index (χ1n) is 6.87. The van der Waals surface area contributed by atoms with Crippen LogP contribution in [0.25, 0.3) is 0 Å². The molecule has 0 aromatic heterocycles. The van der Waals surface area contributed by atoms with Crippen molar-refractivity contribution in [2.24, 2.45) is 11.7 Å². The van der Waals surface area contributed by atoms with E-state index in [9.17, 15) is 4.39 Å². The zero-order chi connectivity index (χ0) is 13.8. The van der Waals surface area contributed by atoms with E-state index >= 15 is 0 Å². The molecule has 19 heavy (non-hydrogen) atoms. The number of nitrogens with two attached hydrogens (primary N) is 1. The van der Waals surface area contributed by atoms with Crippen molar-refractivity contribution in [2.45, 2.75) is 25.3 Å². The minimum atomic E-state index is -0.350. The Morgan fingerprint density at radius 1 is 1.47 bits per heavy atom. The highest BCUT2D eigenvalue weighted by atomic mass is 19.1. The van der Waals surface area contributed by atoms with E-state index in [4.69, 9.17) is 10.5 Å². The largest absolute Gasteiger partial charge is 0.494 e. The number of hydrogen-bond donors (Lipinski definition) is 1. The SMILES string of the molecule is COc1ccc(C(N)CN(C)CC2CCC2)cc1F. The van der Waals surface area contributed by atoms with Gasteiger partial charge in [-0.25, -0.2) is 4.39 Å². The average molecular weight is 266 g/mol. The van der Waals surface area contributed by atoms with Crippen LogP contribution in [0.4, 0.5) is 4.39 Å². The third-order valence-electron chi connectivity index (χ3n) is 3.91. The van der Waals surface area contributed by atoms with E-state index in [-0.39, 0.29) is 17.6 Å². The molecule has 2 N–H and O–H groups in total. The van der Waals surface area contributed by atoms with Crippen molar-refractivity contribution in [3.05, 3.63) is 29.6 Å². The molecule has 4 heteroatoms. The minimum absolute atomic E-state index is 0.162. The second-order valence-corrected chi connectivity index (χ2v) is 5.52. The van der Waals surface area contributed by atoms with Crippen LogP contribution in [0.3, 0.4) is 0 Å². The van der Waals surface area contributed by atoms with Crippen molar-refractivity contribution < 1.29 is 9.13 Å². The summed E-state index contributed by atoms with van der Waals surface area (Å²) >= 11 is 0. The molecule has 1 aliphatic carbocycles. The lowest BCUT2D eigenvalue weighted by atomic mass is 9.85. The van der Waals surface area contributed by atoms with Crippen molar-refractivity contribution in [3.63, 3.8) is 0 Å². The van der Waals surface area contributed by atoms with Gasteiger partial charge in [0.25, 0.3) is 0 Å². The molecule has 1 fully saturated rings. The van der Waals surface area contributed by atoms with Gasteiger partial charge < -0.3 is 15.4 Å². The Morgan fingerprint density at radius 3 is 2.74 bits per heavy atom. The average Bonchev–Trinajstić information content (AvgIpc) is 2.33. The number of ether oxygens (including phenoxy) is 1. The molecular weight excluding hydrogens is 243 g/mol. The van der Waals surface area contributed by atoms with Gasteiger partial charge in [0.2, 0.25) is 0 Å². The number of nitrogens with zero attached hydrogens (tertiary/aromatic N) is 1. The Labute approximate surface area is 114 Å². The Bertz CT molecular complexity index is 421. The van der Waals surface area contributed by atoms with Crippen LogP contribution in [0, 0.1) is 11.7 Å². The van der Waals surface area contributed by atoms with Crippen molar-refractivity contribution in [3.8, 4) is 5.75 Å². The topological polar surface area (TPSA) is 38.5 Å². The highest BCUT2D eigenvalue weighted by molar-refractivity contribution is 5.31. The number of methoxy groups -OCH3 is 1. The summed E-state index contributed by atoms with van der Waals surface area (Å²) in [5, 5.41) is 0. The fourth-order valence-electron chi connectivity index (χ4n) is 2.55. The van der Waals surface area contributed by atoms with Crippen LogP contribution in [0.5, 0.6) is 5.75 Å². The number of rotatable bonds is 6. The second kappa shape index (κ2) is 6.35. The summed E-state index contributed by atoms with van der Waals surface area (Å²) in [5.74, 6) is 0.737. The van der Waals surface area contributed by atoms with Crippen molar-refractivity contribution in [1.29, 1.82) is 0 Å². The van der Waals surface area contributed by atoms with Crippen LogP contribution in [-0.2, 0) is 0 Å². The highest BCUT2D eigenvalue weighted by Gasteiger charge is 2.20. The van der Waals surface area contributed by atoms with Crippen LogP contribution >= 0.6 is 0 Å². The van der Waals surface area contributed by atoms with Gasteiger partial charge in [-0.3, -0.25) is 0 Å². The standard InChI is InChI=1S/C15H23FN2O/c1-18(9-11-4-3-5-11)10-14(17)12-6-7-15(19-2)13(16)8-12/h6-8,11,14H,3-5,9-10,17H2,1-2H3. The van der Waals surface area contributed by atoms with Crippen LogP contribution in [0.2, 0.25) is 0 Å². The van der Waals surface area contributed by atoms with E-state index in [2.05, 4.69) is 11.9 Å². The first-order chi connectivity index (χ1) is 9.10. The van der Waals surface area contributed by atoms with Gasteiger partial charge in [0.05, 0.1) is 7.11 Å². The zero-order valence-electron chi connectivity index (χ0n) is 11.7. The summed E-state index contributed by atoms with van der Waals surface area (Å²) < 4.78 is 18.5. The fraction of sp³-hybridized carbons (Fsp3) is 0.600. The number of hydrogen-bond acceptors (Lipinski definition) is 3. The third kappa shape index (κ3) is 3.67. The molecule has 3 nitrogen and oxygen atoms in total. The molecule has 0 aliphatic heterocycles. The molecule has 1 aliphatic rings. The van der Waals surface area contributed by atoms with Gasteiger partial charge in [-0.05, 0) is 43.5 Å². The molecule has 0 amide bonds. The summed E-state index contributed by atoms with van der Waals surface area (Å²) in [6, 6.07) is 4.78. The van der Waals surface area contributed by atoms with Crippen LogP contribution in [0.15, 0.2) is 18.2 Å². The molecule has 0 radical (unpaired) electrons. The molecule has 0 bridgehead atoms. The molecule has 1 aromatic carbocycles. The van der Waals surface area contributed by atoms with Gasteiger partial charge in [-0.15, -0.1) is 0 Å². The summed E-state index contributed by atoms with van der Waals surface area (Å²) in [6.07, 6.45) is 4.02. The molecule has 0 heterocycles. The predicted octanol–water partition coefficient (Wildman–Crippen LogP) is 2.57. The molecule has 1 aromatic rings. The number of halogens is 1. The molecule has 1 saturated carbocycles. The van der Waals surface area contributed by atoms with E-state index in [0.717, 1.165) is 24.6 Å². The maximum Gasteiger partial charge on any atom is 0.165 e. The maximum absolute atomic E-state index is 13.6. The number of likely N-dealkylation sites (N-methyl/N-ethyl adjacent to an activating group) is 1. The van der Waals surface area contributed by atoms with E-state index in [0.29, 0.717) is 0 Å². The van der Waals surface area contributed by atoms with Gasteiger partial charge in [0.1, 0.15) is 0 Å². The Morgan fingerprint density at radius 2 is 2.21 bits per heavy atom. The zero-order valence-corrected chi connectivity index (χ0v) is 11.7. The van der Waals surface area contributed by atoms with Crippen molar-refractivity contribution in [1.82, 2.24) is 4.90 Å². The molecule has 0 saturated heterocycles. The first kappa shape index (κ1) is 14.3. The van der Waals surface area contributed by atoms with Gasteiger partial charge in [0.15, 0.2) is 11.6 Å². The first-order valence-corrected chi connectivity index (χ1v) is 6.87. The second-order valence-electron chi connectivity index (χ2n) is 5.52. The smallest absolute Gasteiger partial charge is 0.165 e. The van der Waals surface area contributed by atoms with E-state index in [1.165, 1.54) is 32.4 Å². The van der Waals surface area contributed by atoms with Crippen LogP contribution in [-0.4, -0.2) is 32.1 Å². The lowest BCUT2D eigenvalue weighted by Gasteiger charge is -2.31. The quantitative estimate of drug-likeness (QED) is 0.860. The highest BCUT2D eigenvalue weighted by Crippen LogP contribution is 2.27. The van der Waals surface area contributed by atoms with E-state index in [1.807, 2.05) is 6.07 Å². The number of benzene rings is 1. The molecule has 1 atom stereocenters. The molecule has 0 spiro atoms. The Kier molecular flexibility index (Phi) is 4.77. The molecule has 106 valence electrons. The lowest BCUT2D eigenvalue weighted by molar-refractivity contribution is 0.198. The predicted molar refractivity (Wildman–Crippen MR) is 74.7 cm³/mol. The summed E-state index contributed by atoms with van der Waals surface area (Å²) in [5.41, 5.74) is 6.96. The Balaban J connectivity index is 1.90. The van der Waals surface area contributed by atoms with Gasteiger partial charge in [-0.1, -0.05) is 12.5 Å². The van der Waals surface area contributed by atoms with Gasteiger partial charge in [-0.2, -0.15) is 0 Å². The Hall–Kier alpha value is -1.13. The molecule has 2 rings (SSSR count). The van der Waals surface area contributed by atoms with Crippen molar-refractivity contribution >= 4 is 0 Å². The lowest BCUT2D eigenvalue weighted by Crippen LogP contribution is -2.34. The summed E-state index contributed by atoms with van der Waals surface area (Å²) in [6.45, 7) is 1.84.